The Morgan fingerprint density at radius 1 is 1.00 bits per heavy atom. The largest absolute Gasteiger partial charge is 0.416 e. The molecule has 34 heavy (non-hydrogen) atoms. The van der Waals surface area contributed by atoms with Crippen molar-refractivity contribution in [3.05, 3.63) is 52.8 Å². The second kappa shape index (κ2) is 8.63. The molecule has 0 spiro atoms. The Balaban J connectivity index is 1.43. The van der Waals surface area contributed by atoms with E-state index in [2.05, 4.69) is 5.10 Å². The molecule has 10 heteroatoms. The molecule has 3 heterocycles. The van der Waals surface area contributed by atoms with E-state index in [1.807, 2.05) is 4.68 Å². The summed E-state index contributed by atoms with van der Waals surface area (Å²) in [5, 5.41) is 4.57. The van der Waals surface area contributed by atoms with E-state index >= 15 is 0 Å². The monoisotopic (exact) mass is 475 g/mol. The lowest BCUT2D eigenvalue weighted by Gasteiger charge is -2.32. The SMILES string of the molecule is NC(=O)N1CCC(n2ncc(C(=O)N3CCCC3c3ccccc3C(F)(F)F)c2C2CC2)CC1. The van der Waals surface area contributed by atoms with Crippen LogP contribution in [-0.2, 0) is 6.18 Å². The van der Waals surface area contributed by atoms with Crippen molar-refractivity contribution in [1.29, 1.82) is 0 Å². The quantitative estimate of drug-likeness (QED) is 0.708. The lowest BCUT2D eigenvalue weighted by molar-refractivity contribution is -0.138. The third kappa shape index (κ3) is 4.14. The van der Waals surface area contributed by atoms with Crippen LogP contribution in [0.3, 0.4) is 0 Å². The fourth-order valence-electron chi connectivity index (χ4n) is 5.46. The van der Waals surface area contributed by atoms with Gasteiger partial charge in [-0.1, -0.05) is 18.2 Å². The maximum Gasteiger partial charge on any atom is 0.416 e. The third-order valence-corrected chi connectivity index (χ3v) is 7.29. The highest BCUT2D eigenvalue weighted by molar-refractivity contribution is 5.96. The zero-order valence-electron chi connectivity index (χ0n) is 18.8. The van der Waals surface area contributed by atoms with Crippen LogP contribution in [-0.4, -0.2) is 51.2 Å². The van der Waals surface area contributed by atoms with Crippen LogP contribution in [0.1, 0.15) is 83.7 Å². The Morgan fingerprint density at radius 3 is 2.35 bits per heavy atom. The second-order valence-electron chi connectivity index (χ2n) is 9.46. The number of urea groups is 1. The molecule has 182 valence electrons. The Kier molecular flexibility index (Phi) is 5.77. The smallest absolute Gasteiger partial charge is 0.351 e. The van der Waals surface area contributed by atoms with Gasteiger partial charge in [-0.05, 0) is 50.2 Å². The highest BCUT2D eigenvalue weighted by atomic mass is 19.4. The molecule has 2 saturated heterocycles. The summed E-state index contributed by atoms with van der Waals surface area (Å²) in [4.78, 5) is 28.4. The molecule has 0 radical (unpaired) electrons. The Labute approximate surface area is 195 Å². The molecule has 5 rings (SSSR count). The number of primary amides is 1. The fraction of sp³-hybridized carbons (Fsp3) is 0.542. The van der Waals surface area contributed by atoms with Crippen molar-refractivity contribution in [3.8, 4) is 0 Å². The van der Waals surface area contributed by atoms with E-state index < -0.39 is 23.8 Å². The minimum absolute atomic E-state index is 0.0630. The van der Waals surface area contributed by atoms with Gasteiger partial charge in [0.05, 0.1) is 35.1 Å². The molecule has 2 N–H and O–H groups in total. The Bertz CT molecular complexity index is 1090. The summed E-state index contributed by atoms with van der Waals surface area (Å²) in [7, 11) is 0. The van der Waals surface area contributed by atoms with Crippen LogP contribution in [0, 0.1) is 0 Å². The van der Waals surface area contributed by atoms with E-state index in [1.54, 1.807) is 22.1 Å². The maximum atomic E-state index is 13.7. The molecule has 2 aromatic rings. The minimum Gasteiger partial charge on any atom is -0.351 e. The predicted molar refractivity (Wildman–Crippen MR) is 118 cm³/mol. The van der Waals surface area contributed by atoms with E-state index in [9.17, 15) is 22.8 Å². The number of nitrogens with two attached hydrogens (primary N) is 1. The normalized spacial score (nSPS) is 21.8. The first-order valence-electron chi connectivity index (χ1n) is 11.8. The molecule has 3 aliphatic rings. The summed E-state index contributed by atoms with van der Waals surface area (Å²) in [6.07, 6.45) is 1.59. The average Bonchev–Trinajstić information content (AvgIpc) is 3.37. The number of hydrogen-bond acceptors (Lipinski definition) is 3. The van der Waals surface area contributed by atoms with Crippen LogP contribution in [0.5, 0.6) is 0 Å². The van der Waals surface area contributed by atoms with Gasteiger partial charge in [-0.2, -0.15) is 18.3 Å². The van der Waals surface area contributed by atoms with Crippen molar-refractivity contribution >= 4 is 11.9 Å². The van der Waals surface area contributed by atoms with Gasteiger partial charge in [-0.15, -0.1) is 0 Å². The molecular weight excluding hydrogens is 447 g/mol. The standard InChI is InChI=1S/C24H28F3N5O2/c25-24(26,27)19-5-2-1-4-17(19)20-6-3-11-31(20)22(33)18-14-29-32(21(18)15-7-8-15)16-9-12-30(13-10-16)23(28)34/h1-2,4-5,14-16,20H,3,6-13H2,(H2,28,34). The second-order valence-corrected chi connectivity index (χ2v) is 9.46. The van der Waals surface area contributed by atoms with E-state index in [0.29, 0.717) is 50.9 Å². The average molecular weight is 476 g/mol. The number of amides is 3. The molecule has 2 aliphatic heterocycles. The first-order chi connectivity index (χ1) is 16.3. The Hall–Kier alpha value is -3.04. The van der Waals surface area contributed by atoms with E-state index in [-0.39, 0.29) is 23.4 Å². The third-order valence-electron chi connectivity index (χ3n) is 7.29. The molecule has 1 saturated carbocycles. The lowest BCUT2D eigenvalue weighted by Crippen LogP contribution is -2.42. The van der Waals surface area contributed by atoms with E-state index in [4.69, 9.17) is 5.73 Å². The molecule has 1 aromatic carbocycles. The zero-order chi connectivity index (χ0) is 24.0. The molecule has 1 atom stereocenters. The molecule has 3 amide bonds. The summed E-state index contributed by atoms with van der Waals surface area (Å²) in [5.74, 6) is -0.0127. The van der Waals surface area contributed by atoms with Crippen molar-refractivity contribution in [2.75, 3.05) is 19.6 Å². The molecule has 1 aliphatic carbocycles. The first kappa shape index (κ1) is 22.7. The molecular formula is C24H28F3N5O2. The van der Waals surface area contributed by atoms with E-state index in [1.165, 1.54) is 12.1 Å². The van der Waals surface area contributed by atoms with Gasteiger partial charge in [0.2, 0.25) is 0 Å². The summed E-state index contributed by atoms with van der Waals surface area (Å²) >= 11 is 0. The highest BCUT2D eigenvalue weighted by Crippen LogP contribution is 2.45. The lowest BCUT2D eigenvalue weighted by atomic mass is 9.97. The van der Waals surface area contributed by atoms with Gasteiger partial charge in [-0.25, -0.2) is 4.79 Å². The summed E-state index contributed by atoms with van der Waals surface area (Å²) in [5.41, 5.74) is 6.25. The van der Waals surface area contributed by atoms with Crippen molar-refractivity contribution in [1.82, 2.24) is 19.6 Å². The van der Waals surface area contributed by atoms with Gasteiger partial charge in [0.15, 0.2) is 0 Å². The number of benzene rings is 1. The zero-order valence-corrected chi connectivity index (χ0v) is 18.8. The number of likely N-dealkylation sites (tertiary alicyclic amines) is 2. The van der Waals surface area contributed by atoms with E-state index in [0.717, 1.165) is 24.6 Å². The Morgan fingerprint density at radius 2 is 1.71 bits per heavy atom. The molecule has 3 fully saturated rings. The van der Waals surface area contributed by atoms with Crippen molar-refractivity contribution in [3.63, 3.8) is 0 Å². The van der Waals surface area contributed by atoms with Crippen LogP contribution in [0.2, 0.25) is 0 Å². The molecule has 1 unspecified atom stereocenters. The van der Waals surface area contributed by atoms with Gasteiger partial charge >= 0.3 is 12.2 Å². The number of carbonyl (C=O) groups is 2. The van der Waals surface area contributed by atoms with Crippen LogP contribution in [0.4, 0.5) is 18.0 Å². The number of halogens is 3. The van der Waals surface area contributed by atoms with Gasteiger partial charge in [0.25, 0.3) is 5.91 Å². The number of piperidine rings is 1. The number of nitrogens with zero attached hydrogens (tertiary/aromatic N) is 4. The van der Waals surface area contributed by atoms with Crippen LogP contribution < -0.4 is 5.73 Å². The summed E-state index contributed by atoms with van der Waals surface area (Å²) in [6, 6.07) is 4.56. The van der Waals surface area contributed by atoms with Gasteiger partial charge in [0, 0.05) is 25.6 Å². The first-order valence-corrected chi connectivity index (χ1v) is 11.8. The highest BCUT2D eigenvalue weighted by Gasteiger charge is 2.41. The maximum absolute atomic E-state index is 13.7. The molecule has 7 nitrogen and oxygen atoms in total. The summed E-state index contributed by atoms with van der Waals surface area (Å²) in [6.45, 7) is 1.49. The van der Waals surface area contributed by atoms with Gasteiger partial charge in [0.1, 0.15) is 0 Å². The number of hydrogen-bond donors (Lipinski definition) is 1. The number of rotatable bonds is 4. The number of carbonyl (C=O) groups excluding carboxylic acids is 2. The number of alkyl halides is 3. The minimum atomic E-state index is -4.47. The van der Waals surface area contributed by atoms with Crippen molar-refractivity contribution in [2.24, 2.45) is 5.73 Å². The van der Waals surface area contributed by atoms with Crippen LogP contribution in [0.15, 0.2) is 30.5 Å². The van der Waals surface area contributed by atoms with Crippen molar-refractivity contribution < 1.29 is 22.8 Å². The molecule has 0 bridgehead atoms. The van der Waals surface area contributed by atoms with Gasteiger partial charge < -0.3 is 15.5 Å². The number of aromatic nitrogens is 2. The predicted octanol–water partition coefficient (Wildman–Crippen LogP) is 4.47. The van der Waals surface area contributed by atoms with Crippen molar-refractivity contribution in [2.45, 2.75) is 62.7 Å². The molecule has 1 aromatic heterocycles. The van der Waals surface area contributed by atoms with Crippen LogP contribution >= 0.6 is 0 Å². The summed E-state index contributed by atoms with van der Waals surface area (Å²) < 4.78 is 42.9. The van der Waals surface area contributed by atoms with Gasteiger partial charge in [-0.3, -0.25) is 9.48 Å². The fourth-order valence-corrected chi connectivity index (χ4v) is 5.46. The van der Waals surface area contributed by atoms with Crippen LogP contribution in [0.25, 0.3) is 0 Å². The topological polar surface area (TPSA) is 84.5 Å².